The predicted molar refractivity (Wildman–Crippen MR) is 140 cm³/mol. The molecule has 1 amide bonds. The number of rotatable bonds is 7. The van der Waals surface area contributed by atoms with Crippen LogP contribution in [0.15, 0.2) is 89.7 Å². The maximum absolute atomic E-state index is 13.7. The zero-order chi connectivity index (χ0) is 23.5. The third kappa shape index (κ3) is 4.59. The molecule has 170 valence electrons. The van der Waals surface area contributed by atoms with E-state index in [0.29, 0.717) is 10.9 Å². The lowest BCUT2D eigenvalue weighted by Crippen LogP contribution is -2.32. The molecule has 0 aliphatic rings. The Balaban J connectivity index is 1.46. The smallest absolute Gasteiger partial charge is 0.274 e. The van der Waals surface area contributed by atoms with Crippen LogP contribution in [0.4, 0.5) is 0 Å². The Bertz CT molecular complexity index is 1420. The molecule has 0 radical (unpaired) electrons. The lowest BCUT2D eigenvalue weighted by molar-refractivity contribution is 0.0751. The first-order chi connectivity index (χ1) is 16.6. The number of para-hydroxylation sites is 1. The number of aromatic nitrogens is 3. The monoisotopic (exact) mass is 504 g/mol. The van der Waals surface area contributed by atoms with E-state index in [0.717, 1.165) is 26.9 Å². The van der Waals surface area contributed by atoms with Crippen molar-refractivity contribution in [1.82, 2.24) is 19.9 Å². The van der Waals surface area contributed by atoms with E-state index in [-0.39, 0.29) is 22.7 Å². The fourth-order valence-corrected chi connectivity index (χ4v) is 5.73. The highest BCUT2D eigenvalue weighted by atomic mass is 35.5. The number of nitrogens with one attached hydrogen (secondary N) is 1. The van der Waals surface area contributed by atoms with Gasteiger partial charge in [0.15, 0.2) is 10.9 Å². The molecule has 0 saturated heterocycles. The number of carbonyl (C=O) groups excluding carboxylic acids is 1. The standard InChI is InChI=1S/C26H21ClN4OS2/c1-31(24(22-12-7-13-33-22)19-14-28-21-11-6-5-10-18(19)21)25(32)23-20(27)15-29-26(30-23)34-16-17-8-3-2-4-9-17/h2-15,24,28H,16H2,1H3. The number of carbonyl (C=O) groups is 1. The van der Waals surface area contributed by atoms with E-state index in [2.05, 4.69) is 33.2 Å². The van der Waals surface area contributed by atoms with E-state index < -0.39 is 0 Å². The molecular formula is C26H21ClN4OS2. The van der Waals surface area contributed by atoms with Gasteiger partial charge in [-0.25, -0.2) is 9.97 Å². The van der Waals surface area contributed by atoms with Crippen molar-refractivity contribution in [2.24, 2.45) is 0 Å². The SMILES string of the molecule is CN(C(=O)c1nc(SCc2ccccc2)ncc1Cl)C(c1cccs1)c1c[nH]c2ccccc12. The van der Waals surface area contributed by atoms with Crippen LogP contribution in [-0.2, 0) is 5.75 Å². The van der Waals surface area contributed by atoms with E-state index in [1.165, 1.54) is 18.0 Å². The maximum atomic E-state index is 13.7. The number of thioether (sulfide) groups is 1. The first-order valence-corrected chi connectivity index (χ1v) is 12.9. The number of hydrogen-bond donors (Lipinski definition) is 1. The van der Waals surface area contributed by atoms with Crippen molar-refractivity contribution >= 4 is 51.5 Å². The first kappa shape index (κ1) is 22.7. The molecule has 5 rings (SSSR count). The van der Waals surface area contributed by atoms with Crippen LogP contribution >= 0.6 is 34.7 Å². The summed E-state index contributed by atoms with van der Waals surface area (Å²) in [6.07, 6.45) is 3.48. The van der Waals surface area contributed by atoms with Gasteiger partial charge >= 0.3 is 0 Å². The predicted octanol–water partition coefficient (Wildman–Crippen LogP) is 6.83. The molecule has 2 aromatic carbocycles. The summed E-state index contributed by atoms with van der Waals surface area (Å²) < 4.78 is 0. The van der Waals surface area contributed by atoms with Crippen LogP contribution < -0.4 is 0 Å². The normalized spacial score (nSPS) is 12.1. The van der Waals surface area contributed by atoms with Crippen LogP contribution in [0, 0.1) is 0 Å². The van der Waals surface area contributed by atoms with Crippen molar-refractivity contribution in [3.63, 3.8) is 0 Å². The van der Waals surface area contributed by atoms with Crippen molar-refractivity contribution < 1.29 is 4.79 Å². The second-order valence-electron chi connectivity index (χ2n) is 7.75. The molecule has 0 bridgehead atoms. The zero-order valence-corrected chi connectivity index (χ0v) is 20.7. The number of thiophene rings is 1. The second kappa shape index (κ2) is 10.0. The molecule has 1 N–H and O–H groups in total. The topological polar surface area (TPSA) is 61.9 Å². The summed E-state index contributed by atoms with van der Waals surface area (Å²) in [5, 5.41) is 3.86. The van der Waals surface area contributed by atoms with Gasteiger partial charge in [0.05, 0.1) is 17.3 Å². The van der Waals surface area contributed by atoms with Gasteiger partial charge in [-0.3, -0.25) is 4.79 Å². The summed E-state index contributed by atoms with van der Waals surface area (Å²) in [5.74, 6) is 0.455. The number of hydrogen-bond acceptors (Lipinski definition) is 5. The fourth-order valence-electron chi connectivity index (χ4n) is 3.90. The van der Waals surface area contributed by atoms with Crippen molar-refractivity contribution in [3.8, 4) is 0 Å². The summed E-state index contributed by atoms with van der Waals surface area (Å²) in [5.41, 5.74) is 3.42. The highest BCUT2D eigenvalue weighted by Crippen LogP contribution is 2.36. The van der Waals surface area contributed by atoms with Crippen LogP contribution in [0.3, 0.4) is 0 Å². The van der Waals surface area contributed by atoms with Gasteiger partial charge in [-0.05, 0) is 23.1 Å². The van der Waals surface area contributed by atoms with Gasteiger partial charge in [0, 0.05) is 40.3 Å². The lowest BCUT2D eigenvalue weighted by atomic mass is 10.0. The van der Waals surface area contributed by atoms with Crippen molar-refractivity contribution in [2.45, 2.75) is 17.0 Å². The van der Waals surface area contributed by atoms with Gasteiger partial charge in [-0.1, -0.05) is 78.0 Å². The Hall–Kier alpha value is -3.13. The van der Waals surface area contributed by atoms with Gasteiger partial charge in [-0.15, -0.1) is 11.3 Å². The van der Waals surface area contributed by atoms with Gasteiger partial charge in [0.25, 0.3) is 5.91 Å². The Kier molecular flexibility index (Phi) is 6.67. The molecule has 0 aliphatic carbocycles. The Labute approximate surface area is 210 Å². The van der Waals surface area contributed by atoms with Crippen molar-refractivity contribution in [3.05, 3.63) is 111 Å². The number of H-pyrrole nitrogens is 1. The van der Waals surface area contributed by atoms with Gasteiger partial charge in [0.2, 0.25) is 0 Å². The molecule has 0 spiro atoms. The highest BCUT2D eigenvalue weighted by Gasteiger charge is 2.29. The van der Waals surface area contributed by atoms with Crippen LogP contribution in [-0.4, -0.2) is 32.8 Å². The third-order valence-electron chi connectivity index (χ3n) is 5.57. The Morgan fingerprint density at radius 2 is 1.91 bits per heavy atom. The average Bonchev–Trinajstić information content (AvgIpc) is 3.55. The lowest BCUT2D eigenvalue weighted by Gasteiger charge is -2.27. The summed E-state index contributed by atoms with van der Waals surface area (Å²) >= 11 is 9.51. The minimum atomic E-state index is -0.282. The van der Waals surface area contributed by atoms with Crippen molar-refractivity contribution in [2.75, 3.05) is 7.05 Å². The molecule has 0 fully saturated rings. The molecular weight excluding hydrogens is 484 g/mol. The molecule has 0 saturated carbocycles. The van der Waals surface area contributed by atoms with E-state index in [4.69, 9.17) is 11.6 Å². The van der Waals surface area contributed by atoms with Crippen molar-refractivity contribution in [1.29, 1.82) is 0 Å². The molecule has 3 heterocycles. The first-order valence-electron chi connectivity index (χ1n) is 10.7. The van der Waals surface area contributed by atoms with Gasteiger partial charge in [0.1, 0.15) is 0 Å². The highest BCUT2D eigenvalue weighted by molar-refractivity contribution is 7.98. The summed E-state index contributed by atoms with van der Waals surface area (Å²) in [4.78, 5) is 28.7. The fraction of sp³-hybridized carbons (Fsp3) is 0.115. The minimum Gasteiger partial charge on any atom is -0.361 e. The molecule has 1 atom stereocenters. The summed E-state index contributed by atoms with van der Waals surface area (Å²) in [7, 11) is 1.80. The summed E-state index contributed by atoms with van der Waals surface area (Å²) in [6.45, 7) is 0. The van der Waals surface area contributed by atoms with Crippen LogP contribution in [0.5, 0.6) is 0 Å². The molecule has 3 aromatic heterocycles. The number of amides is 1. The third-order valence-corrected chi connectivity index (χ3v) is 7.71. The number of benzene rings is 2. The molecule has 0 aliphatic heterocycles. The largest absolute Gasteiger partial charge is 0.361 e. The average molecular weight is 505 g/mol. The van der Waals surface area contributed by atoms with Gasteiger partial charge in [-0.2, -0.15) is 0 Å². The van der Waals surface area contributed by atoms with E-state index >= 15 is 0 Å². The number of fused-ring (bicyclic) bond motifs is 1. The van der Waals surface area contributed by atoms with Crippen LogP contribution in [0.25, 0.3) is 10.9 Å². The van der Waals surface area contributed by atoms with Crippen LogP contribution in [0.1, 0.15) is 32.5 Å². The Morgan fingerprint density at radius 1 is 1.12 bits per heavy atom. The molecule has 5 aromatic rings. The molecule has 5 nitrogen and oxygen atoms in total. The Morgan fingerprint density at radius 3 is 2.71 bits per heavy atom. The van der Waals surface area contributed by atoms with Gasteiger partial charge < -0.3 is 9.88 Å². The second-order valence-corrected chi connectivity index (χ2v) is 10.1. The molecule has 34 heavy (non-hydrogen) atoms. The maximum Gasteiger partial charge on any atom is 0.274 e. The van der Waals surface area contributed by atoms with E-state index in [1.807, 2.05) is 60.1 Å². The van der Waals surface area contributed by atoms with E-state index in [9.17, 15) is 4.79 Å². The molecule has 1 unspecified atom stereocenters. The number of halogens is 1. The molecule has 8 heteroatoms. The summed E-state index contributed by atoms with van der Waals surface area (Å²) in [6, 6.07) is 21.9. The zero-order valence-electron chi connectivity index (χ0n) is 18.3. The number of aromatic amines is 1. The van der Waals surface area contributed by atoms with E-state index in [1.54, 1.807) is 23.3 Å². The minimum absolute atomic E-state index is 0.205. The quantitative estimate of drug-likeness (QED) is 0.195. The number of nitrogens with zero attached hydrogens (tertiary/aromatic N) is 3. The van der Waals surface area contributed by atoms with Crippen LogP contribution in [0.2, 0.25) is 5.02 Å².